The van der Waals surface area contributed by atoms with Gasteiger partial charge in [-0.25, -0.2) is 0 Å². The van der Waals surface area contributed by atoms with Crippen molar-refractivity contribution in [2.45, 2.75) is 6.42 Å². The zero-order valence-electron chi connectivity index (χ0n) is 14.8. The normalized spacial score (nSPS) is 16.4. The molecule has 0 spiro atoms. The predicted molar refractivity (Wildman–Crippen MR) is 105 cm³/mol. The number of carbonyl (C=O) groups excluding carboxylic acids is 2. The Hall–Kier alpha value is -2.44. The standard InChI is InChI=1S/C19H18Cl2N2O4/c1-26-12-6-7-16(27-2)15(9-12)23-10-11(8-17(23)24)19(25)22-14-5-3-4-13(20)18(14)21/h3-7,9,11H,8,10H2,1-2H3,(H,22,25). The number of hydrogen-bond donors (Lipinski definition) is 1. The molecule has 0 saturated carbocycles. The van der Waals surface area contributed by atoms with Crippen LogP contribution in [0, 0.1) is 5.92 Å². The Kier molecular flexibility index (Phi) is 5.77. The van der Waals surface area contributed by atoms with Crippen molar-refractivity contribution in [3.63, 3.8) is 0 Å². The smallest absolute Gasteiger partial charge is 0.229 e. The summed E-state index contributed by atoms with van der Waals surface area (Å²) >= 11 is 12.1. The summed E-state index contributed by atoms with van der Waals surface area (Å²) in [4.78, 5) is 26.7. The maximum Gasteiger partial charge on any atom is 0.229 e. The third-order valence-electron chi connectivity index (χ3n) is 4.38. The molecule has 1 atom stereocenters. The molecule has 2 aromatic carbocycles. The second-order valence-electron chi connectivity index (χ2n) is 6.03. The van der Waals surface area contributed by atoms with Gasteiger partial charge in [0, 0.05) is 19.0 Å². The number of nitrogens with one attached hydrogen (secondary N) is 1. The van der Waals surface area contributed by atoms with Crippen LogP contribution in [0.4, 0.5) is 11.4 Å². The van der Waals surface area contributed by atoms with Gasteiger partial charge in [-0.2, -0.15) is 0 Å². The third-order valence-corrected chi connectivity index (χ3v) is 5.20. The molecule has 0 radical (unpaired) electrons. The van der Waals surface area contributed by atoms with Crippen LogP contribution < -0.4 is 19.7 Å². The molecule has 2 aromatic rings. The number of nitrogens with zero attached hydrogens (tertiary/aromatic N) is 1. The van der Waals surface area contributed by atoms with Gasteiger partial charge in [-0.15, -0.1) is 0 Å². The maximum atomic E-state index is 12.6. The number of methoxy groups -OCH3 is 2. The lowest BCUT2D eigenvalue weighted by Crippen LogP contribution is -2.28. The molecule has 0 bridgehead atoms. The van der Waals surface area contributed by atoms with Gasteiger partial charge < -0.3 is 19.7 Å². The zero-order chi connectivity index (χ0) is 19.6. The van der Waals surface area contributed by atoms with Gasteiger partial charge in [-0.05, 0) is 24.3 Å². The van der Waals surface area contributed by atoms with E-state index in [0.717, 1.165) is 0 Å². The van der Waals surface area contributed by atoms with E-state index in [1.54, 1.807) is 43.5 Å². The number of ether oxygens (including phenoxy) is 2. The van der Waals surface area contributed by atoms with Crippen LogP contribution in [-0.4, -0.2) is 32.6 Å². The van der Waals surface area contributed by atoms with Gasteiger partial charge in [-0.1, -0.05) is 29.3 Å². The molecule has 142 valence electrons. The molecule has 0 aromatic heterocycles. The van der Waals surface area contributed by atoms with Crippen LogP contribution >= 0.6 is 23.2 Å². The lowest BCUT2D eigenvalue weighted by atomic mass is 10.1. The molecule has 1 aliphatic heterocycles. The van der Waals surface area contributed by atoms with Gasteiger partial charge in [-0.3, -0.25) is 9.59 Å². The average Bonchev–Trinajstić information content (AvgIpc) is 3.06. The molecular formula is C19H18Cl2N2O4. The van der Waals surface area contributed by atoms with Gasteiger partial charge >= 0.3 is 0 Å². The summed E-state index contributed by atoms with van der Waals surface area (Å²) in [7, 11) is 3.07. The Labute approximate surface area is 167 Å². The molecule has 1 saturated heterocycles. The highest BCUT2D eigenvalue weighted by Crippen LogP contribution is 2.36. The van der Waals surface area contributed by atoms with Crippen LogP contribution in [0.2, 0.25) is 10.0 Å². The topological polar surface area (TPSA) is 67.9 Å². The lowest BCUT2D eigenvalue weighted by molar-refractivity contribution is -0.122. The van der Waals surface area contributed by atoms with Crippen molar-refractivity contribution >= 4 is 46.4 Å². The minimum Gasteiger partial charge on any atom is -0.497 e. The second kappa shape index (κ2) is 8.06. The van der Waals surface area contributed by atoms with Crippen LogP contribution in [0.25, 0.3) is 0 Å². The number of rotatable bonds is 5. The van der Waals surface area contributed by atoms with Crippen molar-refractivity contribution < 1.29 is 19.1 Å². The highest BCUT2D eigenvalue weighted by molar-refractivity contribution is 6.44. The van der Waals surface area contributed by atoms with Gasteiger partial charge in [0.05, 0.1) is 41.6 Å². The van der Waals surface area contributed by atoms with Crippen molar-refractivity contribution in [2.75, 3.05) is 31.0 Å². The molecule has 1 unspecified atom stereocenters. The first-order chi connectivity index (χ1) is 12.9. The van der Waals surface area contributed by atoms with E-state index < -0.39 is 5.92 Å². The number of anilines is 2. The van der Waals surface area contributed by atoms with Crippen LogP contribution in [0.3, 0.4) is 0 Å². The first-order valence-electron chi connectivity index (χ1n) is 8.22. The zero-order valence-corrected chi connectivity index (χ0v) is 16.3. The first kappa shape index (κ1) is 19.3. The van der Waals surface area contributed by atoms with Crippen LogP contribution in [-0.2, 0) is 9.59 Å². The first-order valence-corrected chi connectivity index (χ1v) is 8.97. The molecule has 6 nitrogen and oxygen atoms in total. The molecule has 1 fully saturated rings. The molecule has 3 rings (SSSR count). The van der Waals surface area contributed by atoms with Crippen LogP contribution in [0.15, 0.2) is 36.4 Å². The number of amides is 2. The summed E-state index contributed by atoms with van der Waals surface area (Å²) in [5, 5.41) is 3.36. The number of carbonyl (C=O) groups is 2. The molecule has 1 aliphatic rings. The van der Waals surface area contributed by atoms with E-state index in [-0.39, 0.29) is 29.8 Å². The highest BCUT2D eigenvalue weighted by atomic mass is 35.5. The van der Waals surface area contributed by atoms with Gasteiger partial charge in [0.2, 0.25) is 11.8 Å². The van der Waals surface area contributed by atoms with E-state index in [4.69, 9.17) is 32.7 Å². The Morgan fingerprint density at radius 3 is 2.67 bits per heavy atom. The SMILES string of the molecule is COc1ccc(OC)c(N2CC(C(=O)Nc3cccc(Cl)c3Cl)CC2=O)c1. The Morgan fingerprint density at radius 2 is 1.96 bits per heavy atom. The monoisotopic (exact) mass is 408 g/mol. The van der Waals surface area contributed by atoms with E-state index in [1.165, 1.54) is 12.0 Å². The summed E-state index contributed by atoms with van der Waals surface area (Å²) in [5.41, 5.74) is 0.983. The Morgan fingerprint density at radius 1 is 1.19 bits per heavy atom. The molecule has 2 amide bonds. The van der Waals surface area contributed by atoms with E-state index in [9.17, 15) is 9.59 Å². The molecule has 8 heteroatoms. The second-order valence-corrected chi connectivity index (χ2v) is 6.82. The molecule has 1 heterocycles. The minimum absolute atomic E-state index is 0.0877. The number of halogens is 2. The lowest BCUT2D eigenvalue weighted by Gasteiger charge is -2.20. The van der Waals surface area contributed by atoms with E-state index >= 15 is 0 Å². The largest absolute Gasteiger partial charge is 0.497 e. The quantitative estimate of drug-likeness (QED) is 0.811. The summed E-state index contributed by atoms with van der Waals surface area (Å²) in [5.74, 6) is 0.138. The maximum absolute atomic E-state index is 12.6. The highest BCUT2D eigenvalue weighted by Gasteiger charge is 2.36. The van der Waals surface area contributed by atoms with E-state index in [2.05, 4.69) is 5.32 Å². The van der Waals surface area contributed by atoms with E-state index in [0.29, 0.717) is 27.9 Å². The predicted octanol–water partition coefficient (Wildman–Crippen LogP) is 4.00. The van der Waals surface area contributed by atoms with Crippen molar-refractivity contribution in [2.24, 2.45) is 5.92 Å². The fraction of sp³-hybridized carbons (Fsp3) is 0.263. The van der Waals surface area contributed by atoms with E-state index in [1.807, 2.05) is 0 Å². The molecule has 1 N–H and O–H groups in total. The molecule has 27 heavy (non-hydrogen) atoms. The summed E-state index contributed by atoms with van der Waals surface area (Å²) in [6.45, 7) is 0.229. The van der Waals surface area contributed by atoms with Crippen LogP contribution in [0.1, 0.15) is 6.42 Å². The summed E-state index contributed by atoms with van der Waals surface area (Å²) in [6.07, 6.45) is 0.0877. The fourth-order valence-corrected chi connectivity index (χ4v) is 3.31. The Bertz CT molecular complexity index is 888. The summed E-state index contributed by atoms with van der Waals surface area (Å²) in [6, 6.07) is 10.2. The van der Waals surface area contributed by atoms with Gasteiger partial charge in [0.15, 0.2) is 0 Å². The fourth-order valence-electron chi connectivity index (χ4n) is 2.96. The third kappa shape index (κ3) is 3.96. The van der Waals surface area contributed by atoms with Crippen LogP contribution in [0.5, 0.6) is 11.5 Å². The number of hydrogen-bond acceptors (Lipinski definition) is 4. The van der Waals surface area contributed by atoms with Crippen molar-refractivity contribution in [3.8, 4) is 11.5 Å². The summed E-state index contributed by atoms with van der Waals surface area (Å²) < 4.78 is 10.6. The molecule has 0 aliphatic carbocycles. The Balaban J connectivity index is 1.79. The average molecular weight is 409 g/mol. The number of benzene rings is 2. The molecular weight excluding hydrogens is 391 g/mol. The minimum atomic E-state index is -0.525. The van der Waals surface area contributed by atoms with Crippen molar-refractivity contribution in [3.05, 3.63) is 46.4 Å². The van der Waals surface area contributed by atoms with Crippen molar-refractivity contribution in [1.82, 2.24) is 0 Å². The van der Waals surface area contributed by atoms with Gasteiger partial charge in [0.25, 0.3) is 0 Å². The van der Waals surface area contributed by atoms with Crippen molar-refractivity contribution in [1.29, 1.82) is 0 Å². The van der Waals surface area contributed by atoms with Gasteiger partial charge in [0.1, 0.15) is 11.5 Å².